The number of sulfonamides is 1. The lowest BCUT2D eigenvalue weighted by Crippen LogP contribution is -2.39. The number of carbonyl (C=O) groups is 1. The van der Waals surface area contributed by atoms with Crippen LogP contribution in [0.1, 0.15) is 16.7 Å². The highest BCUT2D eigenvalue weighted by molar-refractivity contribution is 7.99. The van der Waals surface area contributed by atoms with Gasteiger partial charge in [-0.25, -0.2) is 8.42 Å². The fraction of sp³-hybridized carbons (Fsp3) is 0.348. The third-order valence-electron chi connectivity index (χ3n) is 5.18. The summed E-state index contributed by atoms with van der Waals surface area (Å²) in [4.78, 5) is 12.4. The van der Waals surface area contributed by atoms with Gasteiger partial charge in [-0.3, -0.25) is 9.52 Å². The zero-order valence-electron chi connectivity index (χ0n) is 20.0. The van der Waals surface area contributed by atoms with Crippen LogP contribution in [-0.4, -0.2) is 57.5 Å². The van der Waals surface area contributed by atoms with Gasteiger partial charge in [0.15, 0.2) is 5.75 Å². The predicted molar refractivity (Wildman–Crippen MR) is 127 cm³/mol. The molecule has 1 saturated heterocycles. The van der Waals surface area contributed by atoms with Gasteiger partial charge in [0, 0.05) is 34.6 Å². The molecule has 220 valence electrons. The first-order valence-electron chi connectivity index (χ1n) is 11.1. The van der Waals surface area contributed by atoms with Crippen molar-refractivity contribution in [3.05, 3.63) is 59.2 Å². The first kappa shape index (κ1) is 31.6. The number of hydrogen-bond donors (Lipinski definition) is 1. The van der Waals surface area contributed by atoms with Gasteiger partial charge in [-0.15, -0.1) is 0 Å². The van der Waals surface area contributed by atoms with E-state index in [2.05, 4.69) is 0 Å². The van der Waals surface area contributed by atoms with Gasteiger partial charge in [0.2, 0.25) is 15.9 Å². The van der Waals surface area contributed by atoms with Crippen LogP contribution in [0.15, 0.2) is 52.3 Å². The average Bonchev–Trinajstić information content (AvgIpc) is 2.80. The Morgan fingerprint density at radius 1 is 0.950 bits per heavy atom. The molecule has 0 unspecified atom stereocenters. The highest BCUT2D eigenvalue weighted by Crippen LogP contribution is 2.48. The van der Waals surface area contributed by atoms with Crippen molar-refractivity contribution in [3.63, 3.8) is 0 Å². The zero-order chi connectivity index (χ0) is 29.9. The number of carbonyl (C=O) groups excluding carboxylic acids is 1. The molecule has 1 N–H and O–H groups in total. The van der Waals surface area contributed by atoms with Gasteiger partial charge in [-0.05, 0) is 35.9 Å². The molecule has 1 fully saturated rings. The van der Waals surface area contributed by atoms with Gasteiger partial charge in [-0.1, -0.05) is 23.9 Å². The Bertz CT molecular complexity index is 1370. The van der Waals surface area contributed by atoms with E-state index >= 15 is 0 Å². The van der Waals surface area contributed by atoms with Crippen molar-refractivity contribution in [1.82, 2.24) is 4.90 Å². The lowest BCUT2D eigenvalue weighted by molar-refractivity contribution is -0.163. The molecule has 0 saturated carbocycles. The van der Waals surface area contributed by atoms with Gasteiger partial charge in [0.1, 0.15) is 0 Å². The smallest absolute Gasteiger partial charge is 0.378 e. The summed E-state index contributed by atoms with van der Waals surface area (Å²) in [6.45, 7) is 0.708. The third-order valence-corrected chi connectivity index (χ3v) is 7.49. The minimum atomic E-state index is -5.52. The minimum Gasteiger partial charge on any atom is -0.378 e. The fourth-order valence-electron chi connectivity index (χ4n) is 3.64. The Balaban J connectivity index is 2.00. The van der Waals surface area contributed by atoms with Gasteiger partial charge in [0.25, 0.3) is 0 Å². The second-order valence-electron chi connectivity index (χ2n) is 8.28. The summed E-state index contributed by atoms with van der Waals surface area (Å²) in [5.41, 5.74) is -5.45. The molecule has 0 bridgehead atoms. The lowest BCUT2D eigenvalue weighted by Gasteiger charge is -2.25. The average molecular weight is 623 g/mol. The van der Waals surface area contributed by atoms with Crippen molar-refractivity contribution in [1.29, 1.82) is 0 Å². The Morgan fingerprint density at radius 3 is 2.15 bits per heavy atom. The number of nitrogens with one attached hydrogen (secondary N) is 1. The molecule has 3 rings (SSSR count). The summed E-state index contributed by atoms with van der Waals surface area (Å²) in [6.07, 6.45) is -14.7. The molecule has 0 aliphatic carbocycles. The molecule has 0 aromatic heterocycles. The molecular weight excluding hydrogens is 603 g/mol. The SMILES string of the molecule is O=C(/C=C/c1ccc(Sc2cccc(NS(=O)(=O)CC(F)(F)F)c2)c(C(F)(F)F)c1C(F)(F)F)N1CCOCC1. The number of anilines is 1. The van der Waals surface area contributed by atoms with Crippen LogP contribution in [0.5, 0.6) is 0 Å². The van der Waals surface area contributed by atoms with E-state index in [0.717, 1.165) is 42.5 Å². The molecule has 0 atom stereocenters. The maximum absolute atomic E-state index is 14.0. The second kappa shape index (κ2) is 11.9. The van der Waals surface area contributed by atoms with Crippen LogP contribution in [0.4, 0.5) is 45.2 Å². The normalized spacial score (nSPS) is 15.5. The molecule has 2 aromatic carbocycles. The van der Waals surface area contributed by atoms with Gasteiger partial charge in [0.05, 0.1) is 24.3 Å². The Hall–Kier alpha value is -2.92. The van der Waals surface area contributed by atoms with Gasteiger partial charge < -0.3 is 9.64 Å². The van der Waals surface area contributed by atoms with Gasteiger partial charge >= 0.3 is 18.5 Å². The molecule has 0 radical (unpaired) electrons. The summed E-state index contributed by atoms with van der Waals surface area (Å²) >= 11 is 0.190. The molecule has 1 aliphatic heterocycles. The van der Waals surface area contributed by atoms with Gasteiger partial charge in [-0.2, -0.15) is 39.5 Å². The van der Waals surface area contributed by atoms with Crippen molar-refractivity contribution < 1.29 is 57.5 Å². The molecule has 1 amide bonds. The molecule has 6 nitrogen and oxygen atoms in total. The van der Waals surface area contributed by atoms with Crippen LogP contribution < -0.4 is 4.72 Å². The topological polar surface area (TPSA) is 75.7 Å². The Labute approximate surface area is 226 Å². The maximum Gasteiger partial charge on any atom is 0.418 e. The number of ether oxygens (including phenoxy) is 1. The first-order valence-corrected chi connectivity index (χ1v) is 13.5. The number of benzene rings is 2. The van der Waals surface area contributed by atoms with E-state index in [9.17, 15) is 52.7 Å². The molecule has 2 aromatic rings. The quantitative estimate of drug-likeness (QED) is 0.301. The fourth-order valence-corrected chi connectivity index (χ4v) is 5.67. The number of hydrogen-bond acceptors (Lipinski definition) is 5. The van der Waals surface area contributed by atoms with E-state index in [1.54, 1.807) is 4.72 Å². The number of halogens is 9. The van der Waals surface area contributed by atoms with Crippen LogP contribution >= 0.6 is 11.8 Å². The highest BCUT2D eigenvalue weighted by atomic mass is 32.2. The molecule has 1 heterocycles. The van der Waals surface area contributed by atoms with Crippen molar-refractivity contribution in [3.8, 4) is 0 Å². The standard InChI is InChI=1S/C23H19F9N2O4S2/c24-21(25,26)13-40(36,37)33-15-2-1-3-16(12-15)39-17-6-4-14(5-7-18(35)34-8-10-38-11-9-34)19(22(27,28)29)20(17)23(30,31)32/h1-7,12,33H,8-11,13H2/b7-5+. The number of amides is 1. The number of morpholine rings is 1. The number of rotatable bonds is 7. The summed E-state index contributed by atoms with van der Waals surface area (Å²) in [5, 5.41) is 0. The van der Waals surface area contributed by atoms with Crippen molar-refractivity contribution in [2.45, 2.75) is 28.3 Å². The minimum absolute atomic E-state index is 0.157. The molecule has 1 aliphatic rings. The summed E-state index contributed by atoms with van der Waals surface area (Å²) in [6, 6.07) is 5.62. The zero-order valence-corrected chi connectivity index (χ0v) is 21.6. The number of alkyl halides is 9. The third kappa shape index (κ3) is 8.79. The van der Waals surface area contributed by atoms with Crippen molar-refractivity contribution >= 4 is 39.5 Å². The Kier molecular flexibility index (Phi) is 9.40. The van der Waals surface area contributed by atoms with E-state index in [1.807, 2.05) is 0 Å². The highest BCUT2D eigenvalue weighted by Gasteiger charge is 2.46. The first-order chi connectivity index (χ1) is 18.4. The largest absolute Gasteiger partial charge is 0.418 e. The van der Waals surface area contributed by atoms with Crippen LogP contribution in [0.2, 0.25) is 0 Å². The van der Waals surface area contributed by atoms with Crippen molar-refractivity contribution in [2.24, 2.45) is 0 Å². The maximum atomic E-state index is 14.0. The van der Waals surface area contributed by atoms with E-state index in [1.165, 1.54) is 4.90 Å². The monoisotopic (exact) mass is 622 g/mol. The lowest BCUT2D eigenvalue weighted by atomic mass is 9.99. The number of nitrogens with zero attached hydrogens (tertiary/aromatic N) is 1. The molecule has 40 heavy (non-hydrogen) atoms. The second-order valence-corrected chi connectivity index (χ2v) is 11.1. The summed E-state index contributed by atoms with van der Waals surface area (Å²) in [5.74, 6) is -2.94. The van der Waals surface area contributed by atoms with Crippen molar-refractivity contribution in [2.75, 3.05) is 36.8 Å². The molecule has 17 heteroatoms. The van der Waals surface area contributed by atoms with E-state index in [-0.39, 0.29) is 43.0 Å². The molecular formula is C23H19F9N2O4S2. The van der Waals surface area contributed by atoms with E-state index < -0.39 is 67.5 Å². The van der Waals surface area contributed by atoms with Crippen LogP contribution in [0, 0.1) is 0 Å². The molecule has 0 spiro atoms. The summed E-state index contributed by atoms with van der Waals surface area (Å²) < 4.78 is 152. The summed E-state index contributed by atoms with van der Waals surface area (Å²) in [7, 11) is -4.93. The predicted octanol–water partition coefficient (Wildman–Crippen LogP) is 6.05. The van der Waals surface area contributed by atoms with Crippen LogP contribution in [0.25, 0.3) is 6.08 Å². The Morgan fingerprint density at radius 2 is 1.57 bits per heavy atom. The van der Waals surface area contributed by atoms with Crippen LogP contribution in [-0.2, 0) is 31.9 Å². The van der Waals surface area contributed by atoms with E-state index in [0.29, 0.717) is 6.08 Å². The van der Waals surface area contributed by atoms with E-state index in [4.69, 9.17) is 4.74 Å². The van der Waals surface area contributed by atoms with Crippen LogP contribution in [0.3, 0.4) is 0 Å².